The molecule has 2 atom stereocenters. The fourth-order valence-corrected chi connectivity index (χ4v) is 4.35. The number of hydrogen-bond acceptors (Lipinski definition) is 5. The van der Waals surface area contributed by atoms with Crippen molar-refractivity contribution >= 4 is 39.7 Å². The van der Waals surface area contributed by atoms with E-state index in [2.05, 4.69) is 10.0 Å². The zero-order valence-electron chi connectivity index (χ0n) is 10.7. The summed E-state index contributed by atoms with van der Waals surface area (Å²) < 4.78 is 27.1. The second-order valence-electron chi connectivity index (χ2n) is 5.00. The molecule has 0 aromatic heterocycles. The molecule has 0 spiro atoms. The lowest BCUT2D eigenvalue weighted by molar-refractivity contribution is -0.387. The van der Waals surface area contributed by atoms with Crippen LogP contribution in [0.1, 0.15) is 0 Å². The topological polar surface area (TPSA) is 101 Å². The largest absolute Gasteiger partial charge is 0.316 e. The highest BCUT2D eigenvalue weighted by atomic mass is 35.5. The van der Waals surface area contributed by atoms with Crippen LogP contribution in [0.15, 0.2) is 23.1 Å². The van der Waals surface area contributed by atoms with Crippen LogP contribution in [-0.2, 0) is 10.0 Å². The Hall–Kier alpha value is -0.930. The van der Waals surface area contributed by atoms with Gasteiger partial charge in [-0.05, 0) is 37.1 Å². The maximum atomic E-state index is 12.3. The zero-order chi connectivity index (χ0) is 14.5. The summed E-state index contributed by atoms with van der Waals surface area (Å²) in [6.07, 6.45) is 0. The van der Waals surface area contributed by atoms with Crippen LogP contribution >= 0.6 is 24.0 Å². The van der Waals surface area contributed by atoms with E-state index in [0.29, 0.717) is 0 Å². The monoisotopic (exact) mass is 353 g/mol. The third-order valence-corrected chi connectivity index (χ3v) is 5.53. The number of hydrogen-bond donors (Lipinski definition) is 2. The van der Waals surface area contributed by atoms with Crippen molar-refractivity contribution in [3.05, 3.63) is 33.3 Å². The number of nitro groups is 1. The van der Waals surface area contributed by atoms with E-state index in [0.717, 1.165) is 19.2 Å². The number of halogens is 2. The van der Waals surface area contributed by atoms with Crippen molar-refractivity contribution in [2.24, 2.45) is 11.8 Å². The van der Waals surface area contributed by atoms with Crippen LogP contribution in [0.4, 0.5) is 5.69 Å². The number of fused-ring (bicyclic) bond motifs is 1. The lowest BCUT2D eigenvalue weighted by Gasteiger charge is -2.09. The summed E-state index contributed by atoms with van der Waals surface area (Å²) in [4.78, 5) is 9.88. The van der Waals surface area contributed by atoms with Crippen LogP contribution in [-0.4, -0.2) is 32.5 Å². The third kappa shape index (κ3) is 3.00. The van der Waals surface area contributed by atoms with Crippen LogP contribution in [0.5, 0.6) is 0 Å². The molecular formula is C11H13Cl2N3O4S. The first kappa shape index (κ1) is 16.4. The van der Waals surface area contributed by atoms with E-state index in [-0.39, 0.29) is 40.2 Å². The summed E-state index contributed by atoms with van der Waals surface area (Å²) in [6, 6.07) is 3.42. The Balaban J connectivity index is 0.00000161. The van der Waals surface area contributed by atoms with Crippen molar-refractivity contribution < 1.29 is 13.3 Å². The standard InChI is InChI=1S/C11H12ClN3O4S.ClH/c12-6-1-2-10(9(3-6)15(16)17)20(18,19)14-11-7-4-13-5-8(7)11;/h1-3,7-8,11,13-14H,4-5H2;1H. The fraction of sp³-hybridized carbons (Fsp3) is 0.455. The smallest absolute Gasteiger partial charge is 0.290 e. The van der Waals surface area contributed by atoms with Gasteiger partial charge in [-0.2, -0.15) is 0 Å². The second kappa shape index (κ2) is 5.69. The van der Waals surface area contributed by atoms with Crippen LogP contribution < -0.4 is 10.0 Å². The molecule has 3 rings (SSSR count). The number of benzene rings is 1. The van der Waals surface area contributed by atoms with E-state index in [4.69, 9.17) is 11.6 Å². The maximum absolute atomic E-state index is 12.3. The van der Waals surface area contributed by atoms with Gasteiger partial charge in [0, 0.05) is 17.1 Å². The lowest BCUT2D eigenvalue weighted by atomic mass is 10.3. The van der Waals surface area contributed by atoms with Gasteiger partial charge in [-0.3, -0.25) is 10.1 Å². The number of rotatable bonds is 4. The summed E-state index contributed by atoms with van der Waals surface area (Å²) in [6.45, 7) is 1.56. The van der Waals surface area contributed by atoms with E-state index in [1.165, 1.54) is 12.1 Å². The van der Waals surface area contributed by atoms with Gasteiger partial charge in [0.05, 0.1) is 4.92 Å². The molecule has 2 aliphatic rings. The number of piperidine rings is 1. The van der Waals surface area contributed by atoms with Gasteiger partial charge >= 0.3 is 0 Å². The number of sulfonamides is 1. The molecule has 2 unspecified atom stereocenters. The maximum Gasteiger partial charge on any atom is 0.290 e. The highest BCUT2D eigenvalue weighted by Gasteiger charge is 2.54. The van der Waals surface area contributed by atoms with Crippen molar-refractivity contribution in [1.82, 2.24) is 10.0 Å². The molecule has 1 saturated heterocycles. The summed E-state index contributed by atoms with van der Waals surface area (Å²) in [5.41, 5.74) is -0.506. The zero-order valence-corrected chi connectivity index (χ0v) is 13.0. The minimum atomic E-state index is -3.91. The minimum absolute atomic E-state index is 0. The molecule has 1 aromatic rings. The van der Waals surface area contributed by atoms with Crippen molar-refractivity contribution in [2.45, 2.75) is 10.9 Å². The Morgan fingerprint density at radius 1 is 1.33 bits per heavy atom. The quantitative estimate of drug-likeness (QED) is 0.624. The molecule has 10 heteroatoms. The number of nitrogens with zero attached hydrogens (tertiary/aromatic N) is 1. The van der Waals surface area contributed by atoms with Crippen molar-refractivity contribution in [3.8, 4) is 0 Å². The van der Waals surface area contributed by atoms with E-state index < -0.39 is 20.6 Å². The molecule has 0 amide bonds. The van der Waals surface area contributed by atoms with Gasteiger partial charge in [0.15, 0.2) is 4.90 Å². The SMILES string of the molecule is Cl.O=[N+]([O-])c1cc(Cl)ccc1S(=O)(=O)NC1C2CNCC21. The molecule has 1 saturated carbocycles. The minimum Gasteiger partial charge on any atom is -0.316 e. The Kier molecular flexibility index (Phi) is 4.46. The summed E-state index contributed by atoms with van der Waals surface area (Å²) >= 11 is 5.68. The second-order valence-corrected chi connectivity index (χ2v) is 7.12. The Bertz CT molecular complexity index is 672. The molecule has 21 heavy (non-hydrogen) atoms. The summed E-state index contributed by atoms with van der Waals surface area (Å²) in [5, 5.41) is 14.2. The molecule has 7 nitrogen and oxygen atoms in total. The van der Waals surface area contributed by atoms with Gasteiger partial charge in [-0.25, -0.2) is 13.1 Å². The molecule has 2 fully saturated rings. The number of nitro benzene ring substituents is 1. The molecule has 116 valence electrons. The normalized spacial score (nSPS) is 26.8. The van der Waals surface area contributed by atoms with Gasteiger partial charge in [-0.15, -0.1) is 12.4 Å². The predicted molar refractivity (Wildman–Crippen MR) is 79.3 cm³/mol. The Morgan fingerprint density at radius 3 is 2.52 bits per heavy atom. The summed E-state index contributed by atoms with van der Waals surface area (Å²) in [7, 11) is -3.91. The molecule has 0 radical (unpaired) electrons. The molecule has 1 aromatic carbocycles. The molecule has 1 aliphatic carbocycles. The van der Waals surface area contributed by atoms with E-state index >= 15 is 0 Å². The van der Waals surface area contributed by atoms with Crippen LogP contribution in [0.3, 0.4) is 0 Å². The van der Waals surface area contributed by atoms with E-state index in [1.54, 1.807) is 0 Å². The fourth-order valence-electron chi connectivity index (χ4n) is 2.70. The first-order chi connectivity index (χ1) is 9.40. The first-order valence-electron chi connectivity index (χ1n) is 6.07. The van der Waals surface area contributed by atoms with Crippen LogP contribution in [0.2, 0.25) is 5.02 Å². The Labute approximate surface area is 132 Å². The van der Waals surface area contributed by atoms with E-state index in [1.807, 2.05) is 0 Å². The number of nitrogens with one attached hydrogen (secondary N) is 2. The molecular weight excluding hydrogens is 341 g/mol. The van der Waals surface area contributed by atoms with Crippen LogP contribution in [0.25, 0.3) is 0 Å². The Morgan fingerprint density at radius 2 is 1.95 bits per heavy atom. The molecule has 0 bridgehead atoms. The molecule has 2 N–H and O–H groups in total. The van der Waals surface area contributed by atoms with Gasteiger partial charge in [0.25, 0.3) is 5.69 Å². The lowest BCUT2D eigenvalue weighted by Crippen LogP contribution is -2.32. The predicted octanol–water partition coefficient (Wildman–Crippen LogP) is 1.17. The van der Waals surface area contributed by atoms with Gasteiger partial charge < -0.3 is 5.32 Å². The van der Waals surface area contributed by atoms with Crippen molar-refractivity contribution in [2.75, 3.05) is 13.1 Å². The van der Waals surface area contributed by atoms with Gasteiger partial charge in [0.1, 0.15) is 0 Å². The average molecular weight is 354 g/mol. The first-order valence-corrected chi connectivity index (χ1v) is 7.93. The highest BCUT2D eigenvalue weighted by Crippen LogP contribution is 2.42. The third-order valence-electron chi connectivity index (χ3n) is 3.79. The van der Waals surface area contributed by atoms with Crippen molar-refractivity contribution in [1.29, 1.82) is 0 Å². The van der Waals surface area contributed by atoms with Gasteiger partial charge in [0.2, 0.25) is 10.0 Å². The van der Waals surface area contributed by atoms with Crippen LogP contribution in [0, 0.1) is 22.0 Å². The molecule has 1 aliphatic heterocycles. The average Bonchev–Trinajstić information content (AvgIpc) is 2.82. The summed E-state index contributed by atoms with van der Waals surface area (Å²) in [5.74, 6) is 0.576. The highest BCUT2D eigenvalue weighted by molar-refractivity contribution is 7.89. The van der Waals surface area contributed by atoms with Crippen molar-refractivity contribution in [3.63, 3.8) is 0 Å². The van der Waals surface area contributed by atoms with Gasteiger partial charge in [-0.1, -0.05) is 11.6 Å². The van der Waals surface area contributed by atoms with E-state index in [9.17, 15) is 18.5 Å². The molecule has 1 heterocycles.